The smallest absolute Gasteiger partial charge is 0.425 e. The zero-order valence-electron chi connectivity index (χ0n) is 16.4. The fourth-order valence-electron chi connectivity index (χ4n) is 4.91. The van der Waals surface area contributed by atoms with E-state index in [-0.39, 0.29) is 0 Å². The molecule has 0 aliphatic carbocycles. The Morgan fingerprint density at radius 3 is 1.46 bits per heavy atom. The first-order valence-electron chi connectivity index (χ1n) is 8.02. The molecule has 3 atom stereocenters. The van der Waals surface area contributed by atoms with Crippen molar-refractivity contribution >= 4 is 6.16 Å². The lowest BCUT2D eigenvalue weighted by molar-refractivity contribution is -0.355. The molecule has 2 heterocycles. The second-order valence-electron chi connectivity index (χ2n) is 7.88. The van der Waals surface area contributed by atoms with E-state index in [1.807, 2.05) is 13.8 Å². The van der Waals surface area contributed by atoms with Crippen molar-refractivity contribution in [3.8, 4) is 0 Å². The van der Waals surface area contributed by atoms with E-state index in [9.17, 15) is 4.79 Å². The maximum Gasteiger partial charge on any atom is 0.509 e. The summed E-state index contributed by atoms with van der Waals surface area (Å²) in [6.07, 6.45) is -0.747. The fraction of sp³-hybridized carbons (Fsp3) is 0.941. The summed E-state index contributed by atoms with van der Waals surface area (Å²) in [6.45, 7) is 12.6. The van der Waals surface area contributed by atoms with Gasteiger partial charge < -0.3 is 28.4 Å². The van der Waals surface area contributed by atoms with Crippen molar-refractivity contribution in [2.75, 3.05) is 21.3 Å². The standard InChI is InChI=1S/C17H30O7/c1-12(2)17(13(3,4)23-11(18)22-12)15(6,20-9)14(5,19-8)16(7,21-10)24-17/h1-10H3. The molecule has 2 aliphatic rings. The van der Waals surface area contributed by atoms with Gasteiger partial charge in [-0.25, -0.2) is 4.79 Å². The van der Waals surface area contributed by atoms with Gasteiger partial charge in [0.05, 0.1) is 0 Å². The Balaban J connectivity index is 2.86. The van der Waals surface area contributed by atoms with Crippen LogP contribution in [0.4, 0.5) is 4.79 Å². The molecule has 2 fully saturated rings. The summed E-state index contributed by atoms with van der Waals surface area (Å²) < 4.78 is 35.2. The number of carbonyl (C=O) groups is 1. The van der Waals surface area contributed by atoms with Gasteiger partial charge in [-0.3, -0.25) is 0 Å². The van der Waals surface area contributed by atoms with Crippen LogP contribution in [0.15, 0.2) is 0 Å². The highest BCUT2D eigenvalue weighted by Gasteiger charge is 2.86. The van der Waals surface area contributed by atoms with Gasteiger partial charge in [-0.1, -0.05) is 0 Å². The number of hydrogen-bond acceptors (Lipinski definition) is 7. The van der Waals surface area contributed by atoms with Crippen LogP contribution in [-0.2, 0) is 28.4 Å². The maximum atomic E-state index is 12.0. The van der Waals surface area contributed by atoms with Gasteiger partial charge in [0.1, 0.15) is 22.4 Å². The van der Waals surface area contributed by atoms with E-state index >= 15 is 0 Å². The summed E-state index contributed by atoms with van der Waals surface area (Å²) >= 11 is 0. The molecule has 7 nitrogen and oxygen atoms in total. The Labute approximate surface area is 143 Å². The molecule has 1 spiro atoms. The highest BCUT2D eigenvalue weighted by atomic mass is 16.8. The third-order valence-electron chi connectivity index (χ3n) is 6.38. The quantitative estimate of drug-likeness (QED) is 0.727. The predicted molar refractivity (Wildman–Crippen MR) is 85.8 cm³/mol. The van der Waals surface area contributed by atoms with E-state index in [2.05, 4.69) is 0 Å². The zero-order valence-corrected chi connectivity index (χ0v) is 16.4. The van der Waals surface area contributed by atoms with Gasteiger partial charge in [0, 0.05) is 21.3 Å². The molecule has 2 aliphatic heterocycles. The lowest BCUT2D eigenvalue weighted by Crippen LogP contribution is -2.80. The van der Waals surface area contributed by atoms with Crippen LogP contribution in [0, 0.1) is 0 Å². The van der Waals surface area contributed by atoms with Crippen molar-refractivity contribution in [3.63, 3.8) is 0 Å². The summed E-state index contributed by atoms with van der Waals surface area (Å²) in [5, 5.41) is 0. The van der Waals surface area contributed by atoms with Crippen LogP contribution in [0.3, 0.4) is 0 Å². The molecule has 0 aromatic rings. The lowest BCUT2D eigenvalue weighted by atomic mass is 9.59. The number of hydrogen-bond donors (Lipinski definition) is 0. The predicted octanol–water partition coefficient (Wildman–Crippen LogP) is 2.65. The molecule has 2 rings (SSSR count). The summed E-state index contributed by atoms with van der Waals surface area (Å²) in [7, 11) is 4.70. The van der Waals surface area contributed by atoms with Crippen molar-refractivity contribution in [1.29, 1.82) is 0 Å². The third-order valence-corrected chi connectivity index (χ3v) is 6.38. The number of rotatable bonds is 3. The van der Waals surface area contributed by atoms with Crippen molar-refractivity contribution in [1.82, 2.24) is 0 Å². The number of carbonyl (C=O) groups excluding carboxylic acids is 1. The van der Waals surface area contributed by atoms with E-state index in [0.29, 0.717) is 0 Å². The number of cyclic esters (lactones) is 2. The Morgan fingerprint density at radius 2 is 1.12 bits per heavy atom. The topological polar surface area (TPSA) is 72.5 Å². The van der Waals surface area contributed by atoms with E-state index in [1.165, 1.54) is 0 Å². The first kappa shape index (κ1) is 19.4. The van der Waals surface area contributed by atoms with E-state index < -0.39 is 39.9 Å². The van der Waals surface area contributed by atoms with Gasteiger partial charge in [-0.05, 0) is 48.5 Å². The van der Waals surface area contributed by atoms with Gasteiger partial charge in [-0.15, -0.1) is 0 Å². The van der Waals surface area contributed by atoms with Crippen LogP contribution in [0.2, 0.25) is 0 Å². The Morgan fingerprint density at radius 1 is 0.708 bits per heavy atom. The minimum Gasteiger partial charge on any atom is -0.425 e. The average molecular weight is 346 g/mol. The largest absolute Gasteiger partial charge is 0.509 e. The molecular formula is C17H30O7. The van der Waals surface area contributed by atoms with Crippen LogP contribution < -0.4 is 0 Å². The second-order valence-corrected chi connectivity index (χ2v) is 7.88. The second kappa shape index (κ2) is 5.06. The van der Waals surface area contributed by atoms with Crippen molar-refractivity contribution < 1.29 is 33.2 Å². The molecule has 24 heavy (non-hydrogen) atoms. The van der Waals surface area contributed by atoms with Crippen LogP contribution in [-0.4, -0.2) is 61.3 Å². The van der Waals surface area contributed by atoms with E-state index in [0.717, 1.165) is 0 Å². The normalized spacial score (nSPS) is 42.7. The van der Waals surface area contributed by atoms with E-state index in [4.69, 9.17) is 28.4 Å². The molecule has 0 aromatic carbocycles. The highest BCUT2D eigenvalue weighted by Crippen LogP contribution is 2.65. The molecule has 0 aromatic heterocycles. The minimum absolute atomic E-state index is 0.747. The minimum atomic E-state index is -1.22. The van der Waals surface area contributed by atoms with Gasteiger partial charge in [0.15, 0.2) is 11.4 Å². The Bertz CT molecular complexity index is 523. The summed E-state index contributed by atoms with van der Waals surface area (Å²) in [4.78, 5) is 12.0. The lowest BCUT2D eigenvalue weighted by Gasteiger charge is -2.60. The first-order chi connectivity index (χ1) is 10.7. The molecule has 2 saturated heterocycles. The first-order valence-corrected chi connectivity index (χ1v) is 8.02. The van der Waals surface area contributed by atoms with E-state index in [1.54, 1.807) is 55.9 Å². The van der Waals surface area contributed by atoms with Crippen molar-refractivity contribution in [3.05, 3.63) is 0 Å². The van der Waals surface area contributed by atoms with Gasteiger partial charge in [-0.2, -0.15) is 0 Å². The monoisotopic (exact) mass is 346 g/mol. The molecule has 7 heteroatoms. The van der Waals surface area contributed by atoms with Crippen LogP contribution in [0.25, 0.3) is 0 Å². The van der Waals surface area contributed by atoms with Crippen molar-refractivity contribution in [2.24, 2.45) is 0 Å². The molecule has 0 radical (unpaired) electrons. The maximum absolute atomic E-state index is 12.0. The fourth-order valence-corrected chi connectivity index (χ4v) is 4.91. The summed E-state index contributed by atoms with van der Waals surface area (Å²) in [6, 6.07) is 0. The third kappa shape index (κ3) is 1.79. The van der Waals surface area contributed by atoms with Crippen molar-refractivity contribution in [2.45, 2.75) is 82.3 Å². The average Bonchev–Trinajstić information content (AvgIpc) is 2.63. The molecule has 0 saturated carbocycles. The molecular weight excluding hydrogens is 316 g/mol. The van der Waals surface area contributed by atoms with Crippen LogP contribution in [0.5, 0.6) is 0 Å². The number of ether oxygens (including phenoxy) is 6. The highest BCUT2D eigenvalue weighted by molar-refractivity contribution is 5.64. The summed E-state index contributed by atoms with van der Waals surface area (Å²) in [5.74, 6) is -1.17. The van der Waals surface area contributed by atoms with Gasteiger partial charge >= 0.3 is 6.16 Å². The van der Waals surface area contributed by atoms with Gasteiger partial charge in [0.25, 0.3) is 0 Å². The Kier molecular flexibility index (Phi) is 4.10. The molecule has 0 bridgehead atoms. The molecule has 0 amide bonds. The zero-order chi connectivity index (χ0) is 18.8. The summed E-state index contributed by atoms with van der Waals surface area (Å²) in [5.41, 5.74) is -5.47. The number of methoxy groups -OCH3 is 3. The molecule has 140 valence electrons. The Hall–Kier alpha value is -0.890. The van der Waals surface area contributed by atoms with Gasteiger partial charge in [0.2, 0.25) is 0 Å². The molecule has 3 unspecified atom stereocenters. The SMILES string of the molecule is COC1(C)OC2(C(C)(C)OC(=O)OC2(C)C)C(C)(OC)C1(C)OC. The molecule has 0 N–H and O–H groups in total. The van der Waals surface area contributed by atoms with Crippen LogP contribution in [0.1, 0.15) is 48.5 Å². The van der Waals surface area contributed by atoms with Crippen LogP contribution >= 0.6 is 0 Å².